The highest BCUT2D eigenvalue weighted by Crippen LogP contribution is 2.13. The fourth-order valence-corrected chi connectivity index (χ4v) is 1.97. The lowest BCUT2D eigenvalue weighted by Crippen LogP contribution is -2.28. The van der Waals surface area contributed by atoms with Crippen LogP contribution in [0.15, 0.2) is 24.3 Å². The van der Waals surface area contributed by atoms with Crippen LogP contribution in [0.4, 0.5) is 5.95 Å². The summed E-state index contributed by atoms with van der Waals surface area (Å²) in [6.45, 7) is 3.84. The maximum atomic E-state index is 5.83. The molecule has 0 aliphatic rings. The Kier molecular flexibility index (Phi) is 4.70. The topological polar surface area (TPSA) is 41.9 Å². The van der Waals surface area contributed by atoms with E-state index in [1.54, 1.807) is 0 Å². The van der Waals surface area contributed by atoms with Crippen molar-refractivity contribution in [2.75, 3.05) is 23.9 Å². The van der Waals surface area contributed by atoms with Crippen molar-refractivity contribution in [3.63, 3.8) is 0 Å². The number of hydrogen-bond acceptors (Lipinski definition) is 4. The average molecular weight is 265 g/mol. The van der Waals surface area contributed by atoms with Gasteiger partial charge >= 0.3 is 0 Å². The van der Waals surface area contributed by atoms with Crippen molar-refractivity contribution < 1.29 is 0 Å². The number of hydrogen-bond donors (Lipinski definition) is 0. The molecule has 2 aromatic rings. The zero-order valence-corrected chi connectivity index (χ0v) is 11.3. The Balaban J connectivity index is 2.25. The first kappa shape index (κ1) is 13.0. The van der Waals surface area contributed by atoms with Gasteiger partial charge in [0.2, 0.25) is 5.95 Å². The molecular formula is C13H17ClN4. The lowest BCUT2D eigenvalue weighted by Gasteiger charge is -2.20. The number of para-hydroxylation sites is 1. The molecule has 0 radical (unpaired) electrons. The molecular weight excluding hydrogens is 248 g/mol. The van der Waals surface area contributed by atoms with Crippen LogP contribution in [-0.2, 0) is 0 Å². The van der Waals surface area contributed by atoms with E-state index in [0.717, 1.165) is 37.0 Å². The van der Waals surface area contributed by atoms with E-state index in [1.807, 2.05) is 24.3 Å². The summed E-state index contributed by atoms with van der Waals surface area (Å²) >= 11 is 5.83. The van der Waals surface area contributed by atoms with Crippen LogP contribution in [-0.4, -0.2) is 34.2 Å². The second-order valence-corrected chi connectivity index (χ2v) is 4.51. The van der Waals surface area contributed by atoms with Gasteiger partial charge in [0.15, 0.2) is 0 Å². The quantitative estimate of drug-likeness (QED) is 0.753. The lowest BCUT2D eigenvalue weighted by molar-refractivity contribution is 0.710. The van der Waals surface area contributed by atoms with E-state index in [9.17, 15) is 0 Å². The van der Waals surface area contributed by atoms with E-state index in [4.69, 9.17) is 11.6 Å². The second kappa shape index (κ2) is 6.50. The van der Waals surface area contributed by atoms with Crippen molar-refractivity contribution in [3.05, 3.63) is 24.3 Å². The van der Waals surface area contributed by atoms with E-state index in [0.29, 0.717) is 11.8 Å². The van der Waals surface area contributed by atoms with E-state index in [1.165, 1.54) is 0 Å². The van der Waals surface area contributed by atoms with E-state index in [-0.39, 0.29) is 0 Å². The molecule has 0 aliphatic carbocycles. The van der Waals surface area contributed by atoms with Crippen molar-refractivity contribution in [3.8, 4) is 0 Å². The Morgan fingerprint density at radius 3 is 2.61 bits per heavy atom. The SMILES string of the molecule is CCCCN(CCCl)c1nnc2ccccc2n1. The maximum absolute atomic E-state index is 5.83. The molecule has 0 bridgehead atoms. The number of halogens is 1. The first-order valence-electron chi connectivity index (χ1n) is 6.25. The summed E-state index contributed by atoms with van der Waals surface area (Å²) in [6.07, 6.45) is 2.24. The molecule has 1 aromatic heterocycles. The van der Waals surface area contributed by atoms with Gasteiger partial charge in [0.1, 0.15) is 5.52 Å². The minimum absolute atomic E-state index is 0.569. The highest BCUT2D eigenvalue weighted by molar-refractivity contribution is 6.18. The summed E-state index contributed by atoms with van der Waals surface area (Å²) in [6, 6.07) is 7.76. The lowest BCUT2D eigenvalue weighted by atomic mass is 10.3. The number of aromatic nitrogens is 3. The number of anilines is 1. The van der Waals surface area contributed by atoms with Crippen molar-refractivity contribution in [1.82, 2.24) is 15.2 Å². The Hall–Kier alpha value is -1.42. The third-order valence-corrected chi connectivity index (χ3v) is 2.94. The van der Waals surface area contributed by atoms with E-state index in [2.05, 4.69) is 27.0 Å². The molecule has 18 heavy (non-hydrogen) atoms. The fourth-order valence-electron chi connectivity index (χ4n) is 1.77. The van der Waals surface area contributed by atoms with Crippen molar-refractivity contribution in [1.29, 1.82) is 0 Å². The predicted octanol–water partition coefficient (Wildman–Crippen LogP) is 2.87. The van der Waals surface area contributed by atoms with E-state index < -0.39 is 0 Å². The molecule has 0 aliphatic heterocycles. The number of nitrogens with zero attached hydrogens (tertiary/aromatic N) is 4. The molecule has 2 rings (SSSR count). The normalized spacial score (nSPS) is 10.8. The molecule has 5 heteroatoms. The molecule has 1 aromatic carbocycles. The standard InChI is InChI=1S/C13H17ClN4/c1-2-3-9-18(10-8-14)13-15-11-6-4-5-7-12(11)16-17-13/h4-7H,2-3,8-10H2,1H3. The maximum Gasteiger partial charge on any atom is 0.245 e. The molecule has 1 heterocycles. The highest BCUT2D eigenvalue weighted by Gasteiger charge is 2.09. The molecule has 0 amide bonds. The van der Waals surface area contributed by atoms with Crippen LogP contribution in [0.25, 0.3) is 11.0 Å². The van der Waals surface area contributed by atoms with Gasteiger partial charge in [-0.25, -0.2) is 4.98 Å². The Labute approximate surface area is 112 Å². The highest BCUT2D eigenvalue weighted by atomic mass is 35.5. The van der Waals surface area contributed by atoms with Crippen LogP contribution >= 0.6 is 11.6 Å². The molecule has 0 saturated heterocycles. The van der Waals surface area contributed by atoms with Gasteiger partial charge in [-0.2, -0.15) is 0 Å². The molecule has 0 unspecified atom stereocenters. The third kappa shape index (κ3) is 3.07. The van der Waals surface area contributed by atoms with Crippen LogP contribution in [0.3, 0.4) is 0 Å². The van der Waals surface area contributed by atoms with Gasteiger partial charge in [-0.1, -0.05) is 25.5 Å². The Morgan fingerprint density at radius 1 is 1.11 bits per heavy atom. The van der Waals surface area contributed by atoms with Gasteiger partial charge in [0.25, 0.3) is 0 Å². The zero-order chi connectivity index (χ0) is 12.8. The molecule has 0 atom stereocenters. The molecule has 4 nitrogen and oxygen atoms in total. The smallest absolute Gasteiger partial charge is 0.245 e. The Bertz CT molecular complexity index is 503. The van der Waals surface area contributed by atoms with Crippen LogP contribution in [0.2, 0.25) is 0 Å². The summed E-state index contributed by atoms with van der Waals surface area (Å²) in [5, 5.41) is 8.38. The summed E-state index contributed by atoms with van der Waals surface area (Å²) < 4.78 is 0. The van der Waals surface area contributed by atoms with Gasteiger partial charge in [0, 0.05) is 19.0 Å². The van der Waals surface area contributed by atoms with Gasteiger partial charge in [0.05, 0.1) is 5.52 Å². The van der Waals surface area contributed by atoms with Crippen LogP contribution < -0.4 is 4.90 Å². The largest absolute Gasteiger partial charge is 0.338 e. The fraction of sp³-hybridized carbons (Fsp3) is 0.462. The summed E-state index contributed by atoms with van der Waals surface area (Å²) in [7, 11) is 0. The summed E-state index contributed by atoms with van der Waals surface area (Å²) in [5.41, 5.74) is 1.70. The first-order chi connectivity index (χ1) is 8.85. The summed E-state index contributed by atoms with van der Waals surface area (Å²) in [4.78, 5) is 6.63. The predicted molar refractivity (Wildman–Crippen MR) is 75.2 cm³/mol. The first-order valence-corrected chi connectivity index (χ1v) is 6.79. The number of rotatable bonds is 6. The summed E-state index contributed by atoms with van der Waals surface area (Å²) in [5.74, 6) is 1.24. The van der Waals surface area contributed by atoms with Gasteiger partial charge in [-0.15, -0.1) is 21.8 Å². The van der Waals surface area contributed by atoms with Gasteiger partial charge < -0.3 is 4.90 Å². The van der Waals surface area contributed by atoms with Crippen molar-refractivity contribution in [2.24, 2.45) is 0 Å². The molecule has 0 N–H and O–H groups in total. The average Bonchev–Trinajstić information content (AvgIpc) is 2.43. The molecule has 96 valence electrons. The van der Waals surface area contributed by atoms with Crippen LogP contribution in [0.1, 0.15) is 19.8 Å². The van der Waals surface area contributed by atoms with Crippen LogP contribution in [0.5, 0.6) is 0 Å². The number of unbranched alkanes of at least 4 members (excludes halogenated alkanes) is 1. The molecule has 0 spiro atoms. The monoisotopic (exact) mass is 264 g/mol. The third-order valence-electron chi connectivity index (χ3n) is 2.77. The van der Waals surface area contributed by atoms with Crippen molar-refractivity contribution >= 4 is 28.6 Å². The second-order valence-electron chi connectivity index (χ2n) is 4.13. The Morgan fingerprint density at radius 2 is 1.89 bits per heavy atom. The zero-order valence-electron chi connectivity index (χ0n) is 10.5. The molecule has 0 fully saturated rings. The minimum Gasteiger partial charge on any atom is -0.338 e. The molecule has 0 saturated carbocycles. The van der Waals surface area contributed by atoms with Gasteiger partial charge in [-0.05, 0) is 18.6 Å². The van der Waals surface area contributed by atoms with Crippen molar-refractivity contribution in [2.45, 2.75) is 19.8 Å². The number of alkyl halides is 1. The number of fused-ring (bicyclic) bond motifs is 1. The minimum atomic E-state index is 0.569. The number of benzene rings is 1. The van der Waals surface area contributed by atoms with Gasteiger partial charge in [-0.3, -0.25) is 0 Å². The van der Waals surface area contributed by atoms with E-state index >= 15 is 0 Å². The van der Waals surface area contributed by atoms with Crippen LogP contribution in [0, 0.1) is 0 Å².